The van der Waals surface area contributed by atoms with Crippen molar-refractivity contribution in [3.63, 3.8) is 0 Å². The van der Waals surface area contributed by atoms with Crippen LogP contribution in [0.4, 0.5) is 0 Å². The first kappa shape index (κ1) is 7.03. The van der Waals surface area contributed by atoms with Crippen LogP contribution in [-0.2, 0) is 0 Å². The molecule has 0 aromatic carbocycles. The summed E-state index contributed by atoms with van der Waals surface area (Å²) in [6.07, 6.45) is 2.33. The molecule has 0 saturated heterocycles. The Balaban J connectivity index is 2.37. The van der Waals surface area contributed by atoms with Crippen LogP contribution >= 0.6 is 0 Å². The number of hydrogen-bond acceptors (Lipinski definition) is 2. The lowest BCUT2D eigenvalue weighted by Crippen LogP contribution is -2.20. The van der Waals surface area contributed by atoms with E-state index >= 15 is 0 Å². The van der Waals surface area contributed by atoms with Crippen molar-refractivity contribution in [2.24, 2.45) is 11.3 Å². The van der Waals surface area contributed by atoms with Gasteiger partial charge in [0.2, 0.25) is 0 Å². The highest BCUT2D eigenvalue weighted by molar-refractivity contribution is 4.93. The molecule has 0 aromatic heterocycles. The zero-order valence-corrected chi connectivity index (χ0v) is 5.80. The van der Waals surface area contributed by atoms with Gasteiger partial charge in [0.15, 0.2) is 0 Å². The Hall–Kier alpha value is -0.0800. The molecular weight excluding hydrogens is 116 g/mol. The molecule has 54 valence electrons. The average molecular weight is 130 g/mol. The molecule has 0 atom stereocenters. The summed E-state index contributed by atoms with van der Waals surface area (Å²) in [6, 6.07) is 0. The van der Waals surface area contributed by atoms with Crippen molar-refractivity contribution in [1.82, 2.24) is 0 Å². The van der Waals surface area contributed by atoms with E-state index in [9.17, 15) is 0 Å². The van der Waals surface area contributed by atoms with Gasteiger partial charge >= 0.3 is 0 Å². The van der Waals surface area contributed by atoms with Crippen LogP contribution in [-0.4, -0.2) is 23.4 Å². The van der Waals surface area contributed by atoms with Crippen LogP contribution in [0.15, 0.2) is 0 Å². The highest BCUT2D eigenvalue weighted by atomic mass is 16.3. The number of hydrogen-bond donors (Lipinski definition) is 2. The maximum atomic E-state index is 8.74. The topological polar surface area (TPSA) is 40.5 Å². The minimum Gasteiger partial charge on any atom is -0.396 e. The molecule has 1 aliphatic carbocycles. The molecule has 1 rings (SSSR count). The molecule has 9 heavy (non-hydrogen) atoms. The highest BCUT2D eigenvalue weighted by Gasteiger charge is 2.43. The van der Waals surface area contributed by atoms with Crippen LogP contribution in [0.1, 0.15) is 19.8 Å². The van der Waals surface area contributed by atoms with Crippen molar-refractivity contribution in [2.75, 3.05) is 13.2 Å². The summed E-state index contributed by atoms with van der Waals surface area (Å²) in [7, 11) is 0. The zero-order valence-electron chi connectivity index (χ0n) is 5.80. The van der Waals surface area contributed by atoms with Crippen molar-refractivity contribution < 1.29 is 10.2 Å². The summed E-state index contributed by atoms with van der Waals surface area (Å²) < 4.78 is 0. The van der Waals surface area contributed by atoms with Crippen LogP contribution in [0, 0.1) is 11.3 Å². The Kier molecular flexibility index (Phi) is 1.78. The van der Waals surface area contributed by atoms with E-state index in [0.29, 0.717) is 0 Å². The molecule has 0 bridgehead atoms. The second kappa shape index (κ2) is 2.27. The maximum Gasteiger partial charge on any atom is 0.0486 e. The first-order chi connectivity index (χ1) is 4.23. The number of aliphatic hydroxyl groups is 2. The van der Waals surface area contributed by atoms with E-state index in [4.69, 9.17) is 10.2 Å². The van der Waals surface area contributed by atoms with Gasteiger partial charge in [0, 0.05) is 19.1 Å². The first-order valence-electron chi connectivity index (χ1n) is 3.44. The van der Waals surface area contributed by atoms with Gasteiger partial charge in [0.1, 0.15) is 0 Å². The van der Waals surface area contributed by atoms with Crippen LogP contribution in [0.2, 0.25) is 0 Å². The van der Waals surface area contributed by atoms with Crippen LogP contribution in [0.5, 0.6) is 0 Å². The molecule has 0 amide bonds. The lowest BCUT2D eigenvalue weighted by Gasteiger charge is -2.17. The highest BCUT2D eigenvalue weighted by Crippen LogP contribution is 2.51. The van der Waals surface area contributed by atoms with Gasteiger partial charge in [-0.15, -0.1) is 0 Å². The van der Waals surface area contributed by atoms with E-state index in [1.807, 2.05) is 0 Å². The van der Waals surface area contributed by atoms with E-state index in [2.05, 4.69) is 6.92 Å². The van der Waals surface area contributed by atoms with E-state index in [1.54, 1.807) is 0 Å². The van der Waals surface area contributed by atoms with E-state index in [1.165, 1.54) is 12.8 Å². The second-order valence-electron chi connectivity index (χ2n) is 3.22. The minimum absolute atomic E-state index is 0.123. The fraction of sp³-hybridized carbons (Fsp3) is 1.00. The van der Waals surface area contributed by atoms with Crippen LogP contribution < -0.4 is 0 Å². The molecule has 0 spiro atoms. The van der Waals surface area contributed by atoms with Crippen molar-refractivity contribution in [3.8, 4) is 0 Å². The number of aliphatic hydroxyl groups excluding tert-OH is 2. The van der Waals surface area contributed by atoms with Gasteiger partial charge in [-0.2, -0.15) is 0 Å². The normalized spacial score (nSPS) is 22.7. The monoisotopic (exact) mass is 130 g/mol. The van der Waals surface area contributed by atoms with Crippen molar-refractivity contribution in [3.05, 3.63) is 0 Å². The SMILES string of the molecule is CC1(C(CO)CO)CC1. The van der Waals surface area contributed by atoms with Gasteiger partial charge in [-0.1, -0.05) is 6.92 Å². The summed E-state index contributed by atoms with van der Waals surface area (Å²) in [5, 5.41) is 17.5. The molecule has 0 radical (unpaired) electrons. The van der Waals surface area contributed by atoms with E-state index < -0.39 is 0 Å². The third-order valence-electron chi connectivity index (χ3n) is 2.47. The van der Waals surface area contributed by atoms with Gasteiger partial charge in [-0.3, -0.25) is 0 Å². The summed E-state index contributed by atoms with van der Waals surface area (Å²) in [6.45, 7) is 2.38. The Morgan fingerprint density at radius 2 is 1.78 bits per heavy atom. The standard InChI is InChI=1S/C7H14O2/c1-7(2-3-7)6(4-8)5-9/h6,8-9H,2-5H2,1H3. The van der Waals surface area contributed by atoms with Gasteiger partial charge in [0.25, 0.3) is 0 Å². The summed E-state index contributed by atoms with van der Waals surface area (Å²) in [5.74, 6) is 0.123. The quantitative estimate of drug-likeness (QED) is 0.580. The molecule has 0 heterocycles. The molecule has 1 aliphatic rings. The maximum absolute atomic E-state index is 8.74. The minimum atomic E-state index is 0.123. The molecule has 0 aliphatic heterocycles. The lowest BCUT2D eigenvalue weighted by atomic mass is 9.93. The largest absolute Gasteiger partial charge is 0.396 e. The molecule has 0 aromatic rings. The molecule has 1 saturated carbocycles. The van der Waals surface area contributed by atoms with Gasteiger partial charge < -0.3 is 10.2 Å². The molecule has 1 fully saturated rings. The summed E-state index contributed by atoms with van der Waals surface area (Å²) in [5.41, 5.74) is 0.267. The van der Waals surface area contributed by atoms with Gasteiger partial charge in [0.05, 0.1) is 0 Å². The van der Waals surface area contributed by atoms with Gasteiger partial charge in [-0.05, 0) is 18.3 Å². The Morgan fingerprint density at radius 1 is 1.33 bits per heavy atom. The second-order valence-corrected chi connectivity index (χ2v) is 3.22. The fourth-order valence-electron chi connectivity index (χ4n) is 1.10. The lowest BCUT2D eigenvalue weighted by molar-refractivity contribution is 0.103. The predicted octanol–water partition coefficient (Wildman–Crippen LogP) is 0.387. The van der Waals surface area contributed by atoms with Crippen molar-refractivity contribution in [1.29, 1.82) is 0 Å². The summed E-state index contributed by atoms with van der Waals surface area (Å²) in [4.78, 5) is 0. The van der Waals surface area contributed by atoms with E-state index in [-0.39, 0.29) is 24.5 Å². The predicted molar refractivity (Wildman–Crippen MR) is 35.0 cm³/mol. The van der Waals surface area contributed by atoms with Crippen molar-refractivity contribution >= 4 is 0 Å². The molecule has 2 nitrogen and oxygen atoms in total. The molecular formula is C7H14O2. The molecule has 0 unspecified atom stereocenters. The van der Waals surface area contributed by atoms with Crippen molar-refractivity contribution in [2.45, 2.75) is 19.8 Å². The number of rotatable bonds is 3. The Bertz CT molecular complexity index is 93.1. The Labute approximate surface area is 55.5 Å². The van der Waals surface area contributed by atoms with Crippen LogP contribution in [0.25, 0.3) is 0 Å². The fourth-order valence-corrected chi connectivity index (χ4v) is 1.10. The molecule has 2 N–H and O–H groups in total. The summed E-state index contributed by atoms with van der Waals surface area (Å²) >= 11 is 0. The first-order valence-corrected chi connectivity index (χ1v) is 3.44. The third-order valence-corrected chi connectivity index (χ3v) is 2.47. The zero-order chi connectivity index (χ0) is 6.91. The molecule has 2 heteroatoms. The van der Waals surface area contributed by atoms with Gasteiger partial charge in [-0.25, -0.2) is 0 Å². The average Bonchev–Trinajstić information content (AvgIpc) is 2.52. The third kappa shape index (κ3) is 1.25. The van der Waals surface area contributed by atoms with Crippen LogP contribution in [0.3, 0.4) is 0 Å². The smallest absolute Gasteiger partial charge is 0.0486 e. The van der Waals surface area contributed by atoms with E-state index in [0.717, 1.165) is 0 Å². The Morgan fingerprint density at radius 3 is 1.89 bits per heavy atom.